The van der Waals surface area contributed by atoms with E-state index in [9.17, 15) is 4.79 Å². The van der Waals surface area contributed by atoms with Crippen molar-refractivity contribution in [3.63, 3.8) is 0 Å². The van der Waals surface area contributed by atoms with Crippen molar-refractivity contribution in [1.82, 2.24) is 24.5 Å². The smallest absolute Gasteiger partial charge is 0.293 e. The van der Waals surface area contributed by atoms with Crippen LogP contribution in [0.5, 0.6) is 0 Å². The number of aryl methyl sites for hydroxylation is 1. The molecule has 6 nitrogen and oxygen atoms in total. The molecule has 1 atom stereocenters. The molecule has 1 saturated heterocycles. The average molecular weight is 369 g/mol. The van der Waals surface area contributed by atoms with E-state index in [0.29, 0.717) is 17.7 Å². The summed E-state index contributed by atoms with van der Waals surface area (Å²) in [6.45, 7) is 6.15. The van der Waals surface area contributed by atoms with E-state index in [-0.39, 0.29) is 5.91 Å². The van der Waals surface area contributed by atoms with Gasteiger partial charge in [-0.05, 0) is 49.5 Å². The number of amides is 1. The predicted octanol–water partition coefficient (Wildman–Crippen LogP) is 3.34. The molecule has 0 saturated carbocycles. The van der Waals surface area contributed by atoms with E-state index in [0.717, 1.165) is 54.6 Å². The maximum absolute atomic E-state index is 12.9. The Morgan fingerprint density at radius 2 is 2.00 bits per heavy atom. The van der Waals surface area contributed by atoms with Crippen LogP contribution in [0.1, 0.15) is 54.2 Å². The summed E-state index contributed by atoms with van der Waals surface area (Å²) in [5.41, 5.74) is 2.16. The number of fused-ring (bicyclic) bond motifs is 5. The zero-order chi connectivity index (χ0) is 17.8. The summed E-state index contributed by atoms with van der Waals surface area (Å²) < 4.78 is 1.69. The molecule has 1 fully saturated rings. The molecule has 1 aliphatic heterocycles. The van der Waals surface area contributed by atoms with E-state index in [1.165, 1.54) is 16.9 Å². The molecule has 136 valence electrons. The van der Waals surface area contributed by atoms with Gasteiger partial charge in [0.2, 0.25) is 5.82 Å². The predicted molar refractivity (Wildman–Crippen MR) is 102 cm³/mol. The molecule has 0 radical (unpaired) electrons. The summed E-state index contributed by atoms with van der Waals surface area (Å²) in [5, 5.41) is 5.57. The summed E-state index contributed by atoms with van der Waals surface area (Å²) in [6, 6.07) is 0. The molecule has 3 aromatic heterocycles. The fourth-order valence-electron chi connectivity index (χ4n) is 4.19. The molecule has 2 aliphatic rings. The van der Waals surface area contributed by atoms with E-state index in [1.807, 2.05) is 4.90 Å². The highest BCUT2D eigenvalue weighted by molar-refractivity contribution is 7.19. The third-order valence-corrected chi connectivity index (χ3v) is 7.09. The number of thiophene rings is 1. The second kappa shape index (κ2) is 6.01. The second-order valence-electron chi connectivity index (χ2n) is 7.95. The summed E-state index contributed by atoms with van der Waals surface area (Å²) in [6.07, 6.45) is 7.24. The van der Waals surface area contributed by atoms with Gasteiger partial charge in [-0.2, -0.15) is 0 Å². The van der Waals surface area contributed by atoms with Crippen molar-refractivity contribution in [3.05, 3.63) is 22.6 Å². The van der Waals surface area contributed by atoms with Crippen LogP contribution >= 0.6 is 11.3 Å². The number of carbonyl (C=O) groups is 1. The third kappa shape index (κ3) is 2.52. The van der Waals surface area contributed by atoms with Gasteiger partial charge in [0.25, 0.3) is 5.91 Å². The molecule has 3 aromatic rings. The van der Waals surface area contributed by atoms with Crippen LogP contribution < -0.4 is 0 Å². The Bertz CT molecular complexity index is 998. The Balaban J connectivity index is 1.58. The lowest BCUT2D eigenvalue weighted by Gasteiger charge is -2.29. The van der Waals surface area contributed by atoms with Gasteiger partial charge in [0.1, 0.15) is 11.2 Å². The maximum Gasteiger partial charge on any atom is 0.293 e. The van der Waals surface area contributed by atoms with Crippen molar-refractivity contribution in [2.75, 3.05) is 13.1 Å². The number of rotatable bonds is 1. The first kappa shape index (κ1) is 16.2. The monoisotopic (exact) mass is 369 g/mol. The van der Waals surface area contributed by atoms with Gasteiger partial charge in [-0.3, -0.25) is 4.79 Å². The molecule has 4 heterocycles. The first-order valence-corrected chi connectivity index (χ1v) is 10.4. The van der Waals surface area contributed by atoms with E-state index in [1.54, 1.807) is 22.2 Å². The van der Waals surface area contributed by atoms with E-state index in [2.05, 4.69) is 28.9 Å². The van der Waals surface area contributed by atoms with Crippen LogP contribution in [-0.4, -0.2) is 43.5 Å². The topological polar surface area (TPSA) is 63.4 Å². The number of hydrogen-bond donors (Lipinski definition) is 0. The fourth-order valence-corrected chi connectivity index (χ4v) is 5.37. The van der Waals surface area contributed by atoms with Gasteiger partial charge in [-0.15, -0.1) is 16.4 Å². The molecule has 0 aromatic carbocycles. The fraction of sp³-hybridized carbons (Fsp3) is 0.579. The van der Waals surface area contributed by atoms with Crippen molar-refractivity contribution in [2.24, 2.45) is 11.8 Å². The molecule has 0 spiro atoms. The molecule has 0 unspecified atom stereocenters. The zero-order valence-corrected chi connectivity index (χ0v) is 16.1. The lowest BCUT2D eigenvalue weighted by atomic mass is 9.89. The highest BCUT2D eigenvalue weighted by Gasteiger charge is 2.27. The summed E-state index contributed by atoms with van der Waals surface area (Å²) >= 11 is 1.77. The zero-order valence-electron chi connectivity index (χ0n) is 15.2. The minimum absolute atomic E-state index is 0.0498. The Labute approximate surface area is 156 Å². The van der Waals surface area contributed by atoms with Crippen molar-refractivity contribution >= 4 is 33.1 Å². The van der Waals surface area contributed by atoms with Gasteiger partial charge in [-0.1, -0.05) is 13.8 Å². The molecular formula is C19H23N5OS. The van der Waals surface area contributed by atoms with E-state index < -0.39 is 0 Å². The van der Waals surface area contributed by atoms with Gasteiger partial charge >= 0.3 is 0 Å². The standard InChI is InChI=1S/C19H23N5OS/c1-11-5-7-23(8-6-11)19(25)16-21-17-15-13-9-12(2)3-4-14(13)26-18(15)20-10-24(17)22-16/h10-12H,3-9H2,1-2H3/t12-/m0/s1. The molecule has 0 N–H and O–H groups in total. The molecule has 1 aliphatic carbocycles. The molecular weight excluding hydrogens is 346 g/mol. The van der Waals surface area contributed by atoms with Crippen LogP contribution in [0.4, 0.5) is 0 Å². The van der Waals surface area contributed by atoms with Crippen molar-refractivity contribution in [2.45, 2.75) is 46.0 Å². The Hall–Kier alpha value is -2.02. The first-order chi connectivity index (χ1) is 12.6. The average Bonchev–Trinajstić information content (AvgIpc) is 3.22. The normalized spacial score (nSPS) is 21.5. The molecule has 1 amide bonds. The molecule has 7 heteroatoms. The van der Waals surface area contributed by atoms with Crippen molar-refractivity contribution < 1.29 is 4.79 Å². The number of likely N-dealkylation sites (tertiary alicyclic amines) is 1. The van der Waals surface area contributed by atoms with Crippen molar-refractivity contribution in [1.29, 1.82) is 0 Å². The molecule has 5 rings (SSSR count). The molecule has 0 bridgehead atoms. The maximum atomic E-state index is 12.9. The SMILES string of the molecule is CC1CCN(C(=O)c2nc3c4c5c(sc4ncn3n2)CC[C@H](C)C5)CC1. The second-order valence-corrected chi connectivity index (χ2v) is 9.04. The minimum Gasteiger partial charge on any atom is -0.336 e. The van der Waals surface area contributed by atoms with Crippen LogP contribution in [0.2, 0.25) is 0 Å². The van der Waals surface area contributed by atoms with Crippen LogP contribution in [0.3, 0.4) is 0 Å². The summed E-state index contributed by atoms with van der Waals surface area (Å²) in [4.78, 5) is 26.5. The van der Waals surface area contributed by atoms with E-state index in [4.69, 9.17) is 0 Å². The number of hydrogen-bond acceptors (Lipinski definition) is 5. The largest absolute Gasteiger partial charge is 0.336 e. The number of aromatic nitrogens is 4. The highest BCUT2D eigenvalue weighted by atomic mass is 32.1. The van der Waals surface area contributed by atoms with Gasteiger partial charge < -0.3 is 4.90 Å². The summed E-state index contributed by atoms with van der Waals surface area (Å²) in [5.74, 6) is 1.63. The number of carbonyl (C=O) groups excluding carboxylic acids is 1. The Morgan fingerprint density at radius 3 is 2.81 bits per heavy atom. The quantitative estimate of drug-likeness (QED) is 0.660. The lowest BCUT2D eigenvalue weighted by Crippen LogP contribution is -2.38. The van der Waals surface area contributed by atoms with Crippen LogP contribution in [0.25, 0.3) is 15.9 Å². The first-order valence-electron chi connectivity index (χ1n) is 9.55. The van der Waals surface area contributed by atoms with Gasteiger partial charge in [-0.25, -0.2) is 14.5 Å². The number of piperidine rings is 1. The third-order valence-electron chi connectivity index (χ3n) is 5.89. The van der Waals surface area contributed by atoms with Crippen LogP contribution in [-0.2, 0) is 12.8 Å². The Kier molecular flexibility index (Phi) is 3.74. The minimum atomic E-state index is -0.0498. The number of nitrogens with zero attached hydrogens (tertiary/aromatic N) is 5. The van der Waals surface area contributed by atoms with Crippen LogP contribution in [0.15, 0.2) is 6.33 Å². The summed E-state index contributed by atoms with van der Waals surface area (Å²) in [7, 11) is 0. The van der Waals surface area contributed by atoms with Gasteiger partial charge in [0.05, 0.1) is 5.39 Å². The lowest BCUT2D eigenvalue weighted by molar-refractivity contribution is 0.0685. The van der Waals surface area contributed by atoms with Crippen molar-refractivity contribution in [3.8, 4) is 0 Å². The van der Waals surface area contributed by atoms with Gasteiger partial charge in [0, 0.05) is 18.0 Å². The van der Waals surface area contributed by atoms with Gasteiger partial charge in [0.15, 0.2) is 5.65 Å². The van der Waals surface area contributed by atoms with Crippen LogP contribution in [0, 0.1) is 11.8 Å². The molecule has 26 heavy (non-hydrogen) atoms. The highest BCUT2D eigenvalue weighted by Crippen LogP contribution is 2.38. The van der Waals surface area contributed by atoms with E-state index >= 15 is 0 Å². The Morgan fingerprint density at radius 1 is 1.19 bits per heavy atom.